The van der Waals surface area contributed by atoms with Gasteiger partial charge in [-0.25, -0.2) is 0 Å². The van der Waals surface area contributed by atoms with Crippen molar-refractivity contribution in [3.8, 4) is 0 Å². The largest absolute Gasteiger partial charge is 0.459 e. The average Bonchev–Trinajstić information content (AvgIpc) is 3.03. The molecule has 2 atom stereocenters. The molecule has 25 heavy (non-hydrogen) atoms. The molecule has 1 aromatic heterocycles. The number of furan rings is 1. The standard InChI is InChI=1S/C19H30N2O4/c1-15-6-11-25-17(15)18(22)21-8-5-16-19(13-21,7-4-10-24-16)14-23-12-9-20(2)3/h6,11,16H,4-5,7-10,12-14H2,1-3H3/t16-,19+/m1/s1. The van der Waals surface area contributed by atoms with Gasteiger partial charge in [0.2, 0.25) is 0 Å². The lowest BCUT2D eigenvalue weighted by molar-refractivity contribution is -0.147. The second-order valence-electron chi connectivity index (χ2n) is 7.63. The molecule has 2 aliphatic rings. The maximum absolute atomic E-state index is 12.9. The number of likely N-dealkylation sites (tertiary alicyclic amines) is 1. The molecule has 2 fully saturated rings. The van der Waals surface area contributed by atoms with E-state index in [1.165, 1.54) is 0 Å². The Kier molecular flexibility index (Phi) is 5.81. The first-order valence-electron chi connectivity index (χ1n) is 9.19. The first-order valence-corrected chi connectivity index (χ1v) is 9.19. The molecule has 2 saturated heterocycles. The second kappa shape index (κ2) is 7.89. The Bertz CT molecular complexity index is 586. The number of nitrogens with zero attached hydrogens (tertiary/aromatic N) is 2. The molecule has 0 bridgehead atoms. The number of rotatable bonds is 6. The molecular formula is C19H30N2O4. The first-order chi connectivity index (χ1) is 12.0. The Labute approximate surface area is 150 Å². The number of aryl methyl sites for hydroxylation is 1. The van der Waals surface area contributed by atoms with Crippen LogP contribution in [0.25, 0.3) is 0 Å². The Morgan fingerprint density at radius 3 is 3.04 bits per heavy atom. The predicted molar refractivity (Wildman–Crippen MR) is 94.7 cm³/mol. The van der Waals surface area contributed by atoms with Gasteiger partial charge in [0.15, 0.2) is 5.76 Å². The summed E-state index contributed by atoms with van der Waals surface area (Å²) in [4.78, 5) is 16.9. The Morgan fingerprint density at radius 1 is 1.48 bits per heavy atom. The lowest BCUT2D eigenvalue weighted by atomic mass is 9.73. The molecule has 3 rings (SSSR count). The molecule has 0 aromatic carbocycles. The molecule has 140 valence electrons. The van der Waals surface area contributed by atoms with Crippen molar-refractivity contribution in [2.45, 2.75) is 32.3 Å². The summed E-state index contributed by atoms with van der Waals surface area (Å²) in [5.74, 6) is 0.443. The molecule has 0 N–H and O–H groups in total. The highest BCUT2D eigenvalue weighted by molar-refractivity contribution is 5.93. The van der Waals surface area contributed by atoms with Gasteiger partial charge in [0, 0.05) is 37.2 Å². The van der Waals surface area contributed by atoms with Gasteiger partial charge in [-0.15, -0.1) is 0 Å². The van der Waals surface area contributed by atoms with Crippen LogP contribution in [-0.2, 0) is 9.47 Å². The van der Waals surface area contributed by atoms with Crippen molar-refractivity contribution >= 4 is 5.91 Å². The van der Waals surface area contributed by atoms with Gasteiger partial charge >= 0.3 is 0 Å². The number of ether oxygens (including phenoxy) is 2. The summed E-state index contributed by atoms with van der Waals surface area (Å²) in [5.41, 5.74) is 0.794. The molecule has 0 saturated carbocycles. The fourth-order valence-corrected chi connectivity index (χ4v) is 3.93. The first kappa shape index (κ1) is 18.4. The van der Waals surface area contributed by atoms with Crippen molar-refractivity contribution < 1.29 is 18.7 Å². The highest BCUT2D eigenvalue weighted by Gasteiger charge is 2.47. The fraction of sp³-hybridized carbons (Fsp3) is 0.737. The number of hydrogen-bond donors (Lipinski definition) is 0. The Hall–Kier alpha value is -1.37. The summed E-state index contributed by atoms with van der Waals surface area (Å²) in [6, 6.07) is 1.84. The summed E-state index contributed by atoms with van der Waals surface area (Å²) < 4.78 is 17.5. The van der Waals surface area contributed by atoms with E-state index in [-0.39, 0.29) is 17.4 Å². The summed E-state index contributed by atoms with van der Waals surface area (Å²) in [6.45, 7) is 6.36. The van der Waals surface area contributed by atoms with Crippen molar-refractivity contribution in [3.05, 3.63) is 23.7 Å². The van der Waals surface area contributed by atoms with E-state index in [1.807, 2.05) is 32.0 Å². The quantitative estimate of drug-likeness (QED) is 0.736. The topological polar surface area (TPSA) is 55.2 Å². The minimum absolute atomic E-state index is 0.0146. The van der Waals surface area contributed by atoms with Crippen molar-refractivity contribution in [3.63, 3.8) is 0 Å². The molecule has 6 heteroatoms. The summed E-state index contributed by atoms with van der Waals surface area (Å²) in [6.07, 6.45) is 4.69. The molecule has 0 radical (unpaired) electrons. The fourth-order valence-electron chi connectivity index (χ4n) is 3.93. The van der Waals surface area contributed by atoms with E-state index in [0.717, 1.165) is 38.0 Å². The van der Waals surface area contributed by atoms with E-state index in [4.69, 9.17) is 13.9 Å². The summed E-state index contributed by atoms with van der Waals surface area (Å²) >= 11 is 0. The minimum atomic E-state index is -0.0982. The predicted octanol–water partition coefficient (Wildman–Crippen LogP) is 2.18. The molecule has 3 heterocycles. The Balaban J connectivity index is 1.68. The third-order valence-corrected chi connectivity index (χ3v) is 5.40. The van der Waals surface area contributed by atoms with Crippen LogP contribution in [0.4, 0.5) is 0 Å². The average molecular weight is 350 g/mol. The number of piperidine rings is 1. The van der Waals surface area contributed by atoms with Gasteiger partial charge in [-0.3, -0.25) is 4.79 Å². The van der Waals surface area contributed by atoms with Crippen molar-refractivity contribution in [1.29, 1.82) is 0 Å². The summed E-state index contributed by atoms with van der Waals surface area (Å²) in [5, 5.41) is 0. The number of carbonyl (C=O) groups is 1. The van der Waals surface area contributed by atoms with E-state index in [2.05, 4.69) is 4.90 Å². The van der Waals surface area contributed by atoms with E-state index in [1.54, 1.807) is 6.26 Å². The third-order valence-electron chi connectivity index (χ3n) is 5.40. The van der Waals surface area contributed by atoms with Crippen LogP contribution in [0.1, 0.15) is 35.4 Å². The van der Waals surface area contributed by atoms with Gasteiger partial charge < -0.3 is 23.7 Å². The SMILES string of the molecule is Cc1ccoc1C(=O)N1CC[C@H]2OCCC[C@@]2(COCCN(C)C)C1. The van der Waals surface area contributed by atoms with E-state index >= 15 is 0 Å². The molecule has 0 aliphatic carbocycles. The number of likely N-dealkylation sites (N-methyl/N-ethyl adjacent to an activating group) is 1. The molecule has 0 unspecified atom stereocenters. The normalized spacial score (nSPS) is 26.7. The van der Waals surface area contributed by atoms with Crippen LogP contribution in [0.5, 0.6) is 0 Å². The number of amides is 1. The second-order valence-corrected chi connectivity index (χ2v) is 7.63. The lowest BCUT2D eigenvalue weighted by Crippen LogP contribution is -2.58. The maximum Gasteiger partial charge on any atom is 0.289 e. The van der Waals surface area contributed by atoms with Gasteiger partial charge in [-0.05, 0) is 46.3 Å². The van der Waals surface area contributed by atoms with E-state index in [9.17, 15) is 4.79 Å². The molecule has 6 nitrogen and oxygen atoms in total. The molecular weight excluding hydrogens is 320 g/mol. The Morgan fingerprint density at radius 2 is 2.32 bits per heavy atom. The summed E-state index contributed by atoms with van der Waals surface area (Å²) in [7, 11) is 4.09. The van der Waals surface area contributed by atoms with Crippen LogP contribution >= 0.6 is 0 Å². The van der Waals surface area contributed by atoms with Gasteiger partial charge in [-0.1, -0.05) is 0 Å². The minimum Gasteiger partial charge on any atom is -0.459 e. The molecule has 1 aromatic rings. The van der Waals surface area contributed by atoms with E-state index < -0.39 is 0 Å². The van der Waals surface area contributed by atoms with Crippen LogP contribution < -0.4 is 0 Å². The van der Waals surface area contributed by atoms with Crippen molar-refractivity contribution in [1.82, 2.24) is 9.80 Å². The smallest absolute Gasteiger partial charge is 0.289 e. The third kappa shape index (κ3) is 4.07. The van der Waals surface area contributed by atoms with Crippen LogP contribution in [0.15, 0.2) is 16.7 Å². The zero-order valence-corrected chi connectivity index (χ0v) is 15.6. The van der Waals surface area contributed by atoms with Gasteiger partial charge in [0.25, 0.3) is 5.91 Å². The molecule has 0 spiro atoms. The highest BCUT2D eigenvalue weighted by atomic mass is 16.5. The van der Waals surface area contributed by atoms with Gasteiger partial charge in [-0.2, -0.15) is 0 Å². The highest BCUT2D eigenvalue weighted by Crippen LogP contribution is 2.41. The van der Waals surface area contributed by atoms with Crippen LogP contribution in [0.3, 0.4) is 0 Å². The molecule has 2 aliphatic heterocycles. The van der Waals surface area contributed by atoms with Crippen LogP contribution in [-0.4, -0.2) is 75.4 Å². The van der Waals surface area contributed by atoms with E-state index in [0.29, 0.717) is 32.1 Å². The zero-order valence-electron chi connectivity index (χ0n) is 15.6. The molecule has 1 amide bonds. The van der Waals surface area contributed by atoms with Gasteiger partial charge in [0.1, 0.15) is 0 Å². The van der Waals surface area contributed by atoms with Crippen LogP contribution in [0.2, 0.25) is 0 Å². The number of hydrogen-bond acceptors (Lipinski definition) is 5. The van der Waals surface area contributed by atoms with Crippen LogP contribution in [0, 0.1) is 12.3 Å². The van der Waals surface area contributed by atoms with Crippen molar-refractivity contribution in [2.24, 2.45) is 5.41 Å². The number of fused-ring (bicyclic) bond motifs is 1. The number of carbonyl (C=O) groups excluding carboxylic acids is 1. The monoisotopic (exact) mass is 350 g/mol. The lowest BCUT2D eigenvalue weighted by Gasteiger charge is -2.50. The van der Waals surface area contributed by atoms with Crippen molar-refractivity contribution in [2.75, 3.05) is 53.6 Å². The maximum atomic E-state index is 12.9. The van der Waals surface area contributed by atoms with Gasteiger partial charge in [0.05, 0.1) is 25.6 Å². The zero-order chi connectivity index (χ0) is 17.9.